The molecule has 426 valence electrons. The molecular weight excluding hydrogens is 1030 g/mol. The number of amides is 4. The Labute approximate surface area is 460 Å². The van der Waals surface area contributed by atoms with Gasteiger partial charge in [0.15, 0.2) is 29.1 Å². The van der Waals surface area contributed by atoms with E-state index in [1.165, 1.54) is 42.8 Å². The van der Waals surface area contributed by atoms with Gasteiger partial charge in [-0.15, -0.1) is 11.8 Å². The number of aliphatic hydroxyl groups is 2. The summed E-state index contributed by atoms with van der Waals surface area (Å²) >= 11 is 1.15. The summed E-state index contributed by atoms with van der Waals surface area (Å²) in [4.78, 5) is 97.4. The van der Waals surface area contributed by atoms with Crippen molar-refractivity contribution in [2.75, 3.05) is 37.5 Å². The van der Waals surface area contributed by atoms with Gasteiger partial charge in [0, 0.05) is 67.3 Å². The number of rotatable bonds is 23. The molecule has 3 saturated carbocycles. The van der Waals surface area contributed by atoms with Crippen molar-refractivity contribution in [1.29, 1.82) is 0 Å². The van der Waals surface area contributed by atoms with Crippen LogP contribution in [0.2, 0.25) is 0 Å². The molecule has 4 amide bonds. The number of carboxylic acids is 1. The smallest absolute Gasteiger partial charge is 0.305 e. The van der Waals surface area contributed by atoms with Crippen molar-refractivity contribution in [3.05, 3.63) is 77.5 Å². The van der Waals surface area contributed by atoms with Crippen LogP contribution in [0.3, 0.4) is 0 Å². The number of allylic oxidation sites excluding steroid dienone is 4. The number of carboxylic acid groups (broad SMARTS) is 1. The average molecular weight is 1100 g/mol. The van der Waals surface area contributed by atoms with E-state index in [9.17, 15) is 48.9 Å². The first-order valence-electron chi connectivity index (χ1n) is 27.1. The summed E-state index contributed by atoms with van der Waals surface area (Å²) in [5, 5.41) is 39.5. The minimum absolute atomic E-state index is 0.0248. The van der Waals surface area contributed by atoms with Crippen LogP contribution in [0, 0.1) is 22.7 Å². The number of nitrogens with two attached hydrogens (primary N) is 1. The second-order valence-corrected chi connectivity index (χ2v) is 24.1. The largest absolute Gasteiger partial charge is 0.481 e. The number of nitrogens with one attached hydrogen (secondary N) is 3. The Hall–Kier alpha value is -5.58. The molecule has 4 aliphatic carbocycles. The number of thioether (sulfide) groups is 1. The third-order valence-corrected chi connectivity index (χ3v) is 19.2. The monoisotopic (exact) mass is 1100 g/mol. The summed E-state index contributed by atoms with van der Waals surface area (Å²) in [6.45, 7) is 11.6. The number of ether oxygens (including phenoxy) is 2. The van der Waals surface area contributed by atoms with E-state index in [-0.39, 0.29) is 37.6 Å². The highest BCUT2D eigenvalue weighted by Gasteiger charge is 2.79. The first kappa shape index (κ1) is 60.1. The molecule has 7 rings (SSSR count). The first-order valence-corrected chi connectivity index (χ1v) is 28.0. The molecule has 1 saturated heterocycles. The minimum atomic E-state index is -2.11. The van der Waals surface area contributed by atoms with Gasteiger partial charge in [0.1, 0.15) is 24.5 Å². The van der Waals surface area contributed by atoms with Gasteiger partial charge in [0.05, 0.1) is 28.7 Å². The van der Waals surface area contributed by atoms with Crippen molar-refractivity contribution < 1.29 is 62.7 Å². The normalized spacial score (nSPS) is 30.1. The zero-order valence-corrected chi connectivity index (χ0v) is 47.0. The third-order valence-electron chi connectivity index (χ3n) is 17.6. The van der Waals surface area contributed by atoms with E-state index in [0.717, 1.165) is 30.2 Å². The molecule has 14 atom stereocenters. The van der Waals surface area contributed by atoms with E-state index in [1.807, 2.05) is 39.8 Å². The second-order valence-electron chi connectivity index (χ2n) is 22.5. The number of benzene rings is 1. The van der Waals surface area contributed by atoms with Crippen LogP contribution < -0.4 is 26.6 Å². The maximum Gasteiger partial charge on any atom is 0.305 e. The number of nitrogens with zero attached hydrogens (tertiary/aromatic N) is 3. The van der Waals surface area contributed by atoms with Crippen molar-refractivity contribution in [1.82, 2.24) is 20.5 Å². The number of anilines is 2. The number of Topliss-reactive ketones (excluding diaryl/α,β-unsaturated/α-hetero) is 1. The van der Waals surface area contributed by atoms with Gasteiger partial charge < -0.3 is 56.3 Å². The van der Waals surface area contributed by atoms with Crippen molar-refractivity contribution in [3.8, 4) is 0 Å². The maximum atomic E-state index is 17.8. The molecular formula is C57H78FN7O12S. The lowest BCUT2D eigenvalue weighted by molar-refractivity contribution is -0.231. The molecule has 0 spiro atoms. The number of likely N-dealkylation sites (N-methyl/N-ethyl adjacent to an activating group) is 1. The van der Waals surface area contributed by atoms with Crippen LogP contribution in [0.4, 0.5) is 15.9 Å². The maximum absolute atomic E-state index is 17.8. The van der Waals surface area contributed by atoms with Crippen LogP contribution in [-0.2, 0) is 43.0 Å². The average Bonchev–Trinajstić information content (AvgIpc) is 2.77. The van der Waals surface area contributed by atoms with E-state index < -0.39 is 123 Å². The zero-order chi connectivity index (χ0) is 57.3. The standard InChI is InChI=1S/C57H78FN7O12S/c1-10-12-23-55(59,11-2)78-42(28-48(71)72)51(75)64(8)25-22-47(70)62-33(4)49(73)63-34(5)50(74)65(9)38-17-13-35(14-18-38)32(3)61-46-20-15-36(30-60-46)52-76-45-27-41-40-19-16-37-26-39(67)21-24-53(37,6)56(40,58)43(68)29-54(41,7)57(45,77-52)44(69)31-66/h13-15,17-18,20-21,24,26,30,32-34,40-43,45,52,66,68H,10-12,16,19,22-23,25,27-29,31,59H2,1-9H3,(H,60,61)(H,62,70)(H,63,73)(H,71,72)/t32-,33+,34+,40?,41+,42?,43?,45-,52-,53?,54+,55?,56+,57-/m1/s1. The van der Waals surface area contributed by atoms with E-state index in [4.69, 9.17) is 15.2 Å². The molecule has 5 aliphatic rings. The highest BCUT2D eigenvalue weighted by Crippen LogP contribution is 2.72. The number of aromatic nitrogens is 1. The first-order chi connectivity index (χ1) is 36.7. The van der Waals surface area contributed by atoms with Gasteiger partial charge in [-0.2, -0.15) is 0 Å². The number of ketones is 2. The number of aliphatic hydroxyl groups excluding tert-OH is 2. The van der Waals surface area contributed by atoms with Crippen LogP contribution in [0.25, 0.3) is 0 Å². The summed E-state index contributed by atoms with van der Waals surface area (Å²) in [6, 6.07) is 8.50. The highest BCUT2D eigenvalue weighted by atomic mass is 32.2. The zero-order valence-electron chi connectivity index (χ0n) is 46.2. The number of carbonyl (C=O) groups is 7. The van der Waals surface area contributed by atoms with Gasteiger partial charge in [0.2, 0.25) is 23.6 Å². The number of pyridine rings is 1. The topological polar surface area (TPSA) is 280 Å². The summed E-state index contributed by atoms with van der Waals surface area (Å²) < 4.78 is 31.0. The molecule has 5 unspecified atom stereocenters. The lowest BCUT2D eigenvalue weighted by Crippen LogP contribution is -2.69. The van der Waals surface area contributed by atoms with Crippen LogP contribution >= 0.6 is 11.8 Å². The number of alkyl halides is 1. The highest BCUT2D eigenvalue weighted by molar-refractivity contribution is 8.01. The molecule has 2 heterocycles. The SMILES string of the molecule is CCCCC(N)(CC)SC(CC(=O)O)C(=O)N(C)CCC(=O)N[C@@H](C)C(=O)N[C@@H](C)C(=O)N(C)c1ccc([C@@H](C)Nc2ccc([C@@H]3O[C@@H]4C[C@H]5C6CCC7=CC(=O)C=CC7(C)[C@@]6(F)C(O)C[C@]5(C)[C@]4(C(=O)CO)O3)cn2)cc1. The molecule has 78 heavy (non-hydrogen) atoms. The van der Waals surface area contributed by atoms with Crippen molar-refractivity contribution in [2.45, 2.75) is 171 Å². The Morgan fingerprint density at radius 3 is 2.33 bits per heavy atom. The lowest BCUT2D eigenvalue weighted by atomic mass is 9.44. The number of aliphatic carboxylic acids is 1. The van der Waals surface area contributed by atoms with Crippen LogP contribution in [0.5, 0.6) is 0 Å². The second kappa shape index (κ2) is 23.6. The molecule has 1 aromatic carbocycles. The minimum Gasteiger partial charge on any atom is -0.481 e. The molecule has 1 aromatic heterocycles. The molecule has 0 bridgehead atoms. The number of hydrogen-bond donors (Lipinski definition) is 7. The van der Waals surface area contributed by atoms with E-state index in [0.29, 0.717) is 48.3 Å². The predicted molar refractivity (Wildman–Crippen MR) is 291 cm³/mol. The van der Waals surface area contributed by atoms with Crippen molar-refractivity contribution in [2.24, 2.45) is 28.4 Å². The van der Waals surface area contributed by atoms with Crippen molar-refractivity contribution in [3.63, 3.8) is 0 Å². The fourth-order valence-electron chi connectivity index (χ4n) is 12.9. The summed E-state index contributed by atoms with van der Waals surface area (Å²) in [5.74, 6) is -4.52. The summed E-state index contributed by atoms with van der Waals surface area (Å²) in [6.07, 6.45) is 5.93. The summed E-state index contributed by atoms with van der Waals surface area (Å²) in [5.41, 5.74) is 3.06. The van der Waals surface area contributed by atoms with Gasteiger partial charge in [-0.25, -0.2) is 9.37 Å². The van der Waals surface area contributed by atoms with E-state index in [2.05, 4.69) is 20.9 Å². The van der Waals surface area contributed by atoms with Gasteiger partial charge in [-0.1, -0.05) is 57.4 Å². The van der Waals surface area contributed by atoms with Crippen molar-refractivity contribution >= 4 is 64.4 Å². The van der Waals surface area contributed by atoms with Crippen LogP contribution in [0.15, 0.2) is 66.4 Å². The Morgan fingerprint density at radius 2 is 1.71 bits per heavy atom. The van der Waals surface area contributed by atoms with Gasteiger partial charge in [0.25, 0.3) is 0 Å². The van der Waals surface area contributed by atoms with Gasteiger partial charge >= 0.3 is 5.97 Å². The molecule has 0 radical (unpaired) electrons. The molecule has 19 nitrogen and oxygen atoms in total. The Balaban J connectivity index is 0.896. The number of unbranched alkanes of at least 4 members (excludes halogenated alkanes) is 1. The Kier molecular flexibility index (Phi) is 18.2. The molecule has 21 heteroatoms. The molecule has 8 N–H and O–H groups in total. The predicted octanol–water partition coefficient (Wildman–Crippen LogP) is 5.60. The van der Waals surface area contributed by atoms with Crippen LogP contribution in [0.1, 0.15) is 136 Å². The quantitative estimate of drug-likeness (QED) is 0.0667. The van der Waals surface area contributed by atoms with Gasteiger partial charge in [-0.3, -0.25) is 33.6 Å². The molecule has 1 aliphatic heterocycles. The number of carbonyl (C=O) groups excluding carboxylic acids is 6. The fraction of sp³-hybridized carbons (Fsp3) is 0.614. The Bertz CT molecular complexity index is 2680. The third kappa shape index (κ3) is 11.3. The lowest BCUT2D eigenvalue weighted by Gasteiger charge is -2.62. The molecule has 4 fully saturated rings. The number of hydrogen-bond acceptors (Lipinski definition) is 15. The van der Waals surface area contributed by atoms with Crippen LogP contribution in [-0.4, -0.2) is 139 Å². The number of halogens is 1. The fourth-order valence-corrected chi connectivity index (χ4v) is 14.4. The number of fused-ring (bicyclic) bond motifs is 7. The molecule has 2 aromatic rings. The van der Waals surface area contributed by atoms with Gasteiger partial charge in [-0.05, 0) is 114 Å². The van der Waals surface area contributed by atoms with E-state index in [1.54, 1.807) is 50.5 Å². The Morgan fingerprint density at radius 1 is 1.00 bits per heavy atom. The van der Waals surface area contributed by atoms with E-state index >= 15 is 4.39 Å². The summed E-state index contributed by atoms with van der Waals surface area (Å²) in [7, 11) is 3.07.